The van der Waals surface area contributed by atoms with Crippen LogP contribution < -0.4 is 5.73 Å². The van der Waals surface area contributed by atoms with Gasteiger partial charge in [-0.15, -0.1) is 0 Å². The second-order valence-electron chi connectivity index (χ2n) is 4.86. The third kappa shape index (κ3) is 6.00. The molecule has 0 radical (unpaired) electrons. The van der Waals surface area contributed by atoms with Gasteiger partial charge < -0.3 is 14.6 Å². The quantitative estimate of drug-likeness (QED) is 0.458. The summed E-state index contributed by atoms with van der Waals surface area (Å²) in [5, 5.41) is 0. The Hall–Kier alpha value is 0.0969. The van der Waals surface area contributed by atoms with Gasteiger partial charge in [-0.2, -0.15) is 0 Å². The molecule has 0 aromatic heterocycles. The molecule has 0 amide bonds. The zero-order valence-electron chi connectivity index (χ0n) is 12.1. The Morgan fingerprint density at radius 3 is 2.18 bits per heavy atom. The molecule has 0 heterocycles. The Kier molecular flexibility index (Phi) is 10.1. The van der Waals surface area contributed by atoms with Crippen molar-refractivity contribution in [1.29, 1.82) is 0 Å². The van der Waals surface area contributed by atoms with E-state index in [0.717, 1.165) is 25.4 Å². The minimum atomic E-state index is -1.99. The third-order valence-corrected chi connectivity index (χ3v) is 7.88. The summed E-state index contributed by atoms with van der Waals surface area (Å²) in [4.78, 5) is 0. The maximum Gasteiger partial charge on any atom is 0.340 e. The van der Waals surface area contributed by atoms with Crippen molar-refractivity contribution in [3.05, 3.63) is 0 Å². The molecule has 2 N–H and O–H groups in total. The minimum absolute atomic E-state index is 0.530. The fourth-order valence-electron chi connectivity index (χ4n) is 2.38. The summed E-state index contributed by atoms with van der Waals surface area (Å²) in [7, 11) is 1.64. The van der Waals surface area contributed by atoms with Crippen LogP contribution in [0, 0.1) is 0 Å². The van der Waals surface area contributed by atoms with E-state index in [1.165, 1.54) is 25.7 Å². The Morgan fingerprint density at radius 2 is 1.71 bits per heavy atom. The molecule has 0 bridgehead atoms. The van der Waals surface area contributed by atoms with Gasteiger partial charge in [-0.05, 0) is 31.0 Å². The Labute approximate surface area is 108 Å². The molecule has 0 aliphatic heterocycles. The van der Waals surface area contributed by atoms with Crippen LogP contribution in [0.1, 0.15) is 52.4 Å². The van der Waals surface area contributed by atoms with Gasteiger partial charge in [0.1, 0.15) is 0 Å². The molecule has 1 atom stereocenters. The molecular formula is C13H31NO2Si. The molecule has 0 rings (SSSR count). The highest BCUT2D eigenvalue weighted by molar-refractivity contribution is 6.68. The third-order valence-electron chi connectivity index (χ3n) is 3.66. The van der Waals surface area contributed by atoms with E-state index in [0.29, 0.717) is 5.54 Å². The Morgan fingerprint density at radius 1 is 1.06 bits per heavy atom. The molecule has 0 spiro atoms. The van der Waals surface area contributed by atoms with E-state index in [-0.39, 0.29) is 0 Å². The van der Waals surface area contributed by atoms with Crippen LogP contribution in [0.5, 0.6) is 0 Å². The van der Waals surface area contributed by atoms with Crippen molar-refractivity contribution in [3.8, 4) is 0 Å². The fraction of sp³-hybridized carbons (Fsp3) is 1.00. The number of hydrogen-bond donors (Lipinski definition) is 1. The maximum atomic E-state index is 5.80. The van der Waals surface area contributed by atoms with E-state index in [1.807, 2.05) is 14.2 Å². The maximum absolute atomic E-state index is 5.80. The number of unbranched alkanes of at least 4 members (excludes halogenated alkanes) is 3. The van der Waals surface area contributed by atoms with Gasteiger partial charge in [0, 0.05) is 14.2 Å². The predicted molar refractivity (Wildman–Crippen MR) is 76.4 cm³/mol. The largest absolute Gasteiger partial charge is 0.397 e. The highest BCUT2D eigenvalue weighted by atomic mass is 28.4. The Bertz CT molecular complexity index is 175. The molecular weight excluding hydrogens is 230 g/mol. The second-order valence-corrected chi connectivity index (χ2v) is 8.79. The summed E-state index contributed by atoms with van der Waals surface area (Å²) in [5.74, 6) is 0. The van der Waals surface area contributed by atoms with Crippen LogP contribution >= 0.6 is 0 Å². The van der Waals surface area contributed by atoms with Crippen molar-refractivity contribution in [2.45, 2.75) is 64.0 Å². The van der Waals surface area contributed by atoms with E-state index in [9.17, 15) is 0 Å². The van der Waals surface area contributed by atoms with Crippen molar-refractivity contribution >= 4 is 8.56 Å². The first-order chi connectivity index (χ1) is 8.16. The van der Waals surface area contributed by atoms with Crippen LogP contribution in [-0.4, -0.2) is 29.3 Å². The first kappa shape index (κ1) is 17.1. The zero-order chi connectivity index (χ0) is 13.1. The van der Waals surface area contributed by atoms with E-state index < -0.39 is 8.56 Å². The normalized spacial score (nSPS) is 13.9. The average molecular weight is 261 g/mol. The summed E-state index contributed by atoms with van der Waals surface area (Å²) < 4.78 is 11.6. The molecule has 0 saturated carbocycles. The van der Waals surface area contributed by atoms with Gasteiger partial charge in [0.15, 0.2) is 0 Å². The molecule has 3 nitrogen and oxygen atoms in total. The lowest BCUT2D eigenvalue weighted by atomic mass is 10.2. The predicted octanol–water partition coefficient (Wildman–Crippen LogP) is 3.43. The zero-order valence-corrected chi connectivity index (χ0v) is 13.1. The molecule has 104 valence electrons. The summed E-state index contributed by atoms with van der Waals surface area (Å²) in [5.41, 5.74) is 6.11. The molecule has 4 heteroatoms. The molecule has 0 aromatic carbocycles. The summed E-state index contributed by atoms with van der Waals surface area (Å²) in [6, 6.07) is 1.12. The van der Waals surface area contributed by atoms with Gasteiger partial charge in [0.25, 0.3) is 0 Å². The molecule has 0 fully saturated rings. The van der Waals surface area contributed by atoms with Crippen LogP contribution in [0.3, 0.4) is 0 Å². The molecule has 1 unspecified atom stereocenters. The van der Waals surface area contributed by atoms with Crippen LogP contribution in [0.25, 0.3) is 0 Å². The monoisotopic (exact) mass is 261 g/mol. The highest BCUT2D eigenvalue weighted by Crippen LogP contribution is 2.32. The Balaban J connectivity index is 4.22. The molecule has 17 heavy (non-hydrogen) atoms. The number of hydrogen-bond acceptors (Lipinski definition) is 3. The van der Waals surface area contributed by atoms with Gasteiger partial charge in [0.2, 0.25) is 0 Å². The fourth-order valence-corrected chi connectivity index (χ4v) is 5.64. The number of nitrogens with two attached hydrogens (primary N) is 1. The SMILES string of the molecule is CCCCCC[Si](OC)(OC)C(C)CCCN. The van der Waals surface area contributed by atoms with Crippen molar-refractivity contribution in [2.24, 2.45) is 5.73 Å². The standard InChI is InChI=1S/C13H31NO2Si/c1-5-6-7-8-12-17(15-3,16-4)13(2)10-9-11-14/h13H,5-12,14H2,1-4H3. The van der Waals surface area contributed by atoms with E-state index in [1.54, 1.807) is 0 Å². The van der Waals surface area contributed by atoms with Gasteiger partial charge in [-0.3, -0.25) is 0 Å². The van der Waals surface area contributed by atoms with Crippen molar-refractivity contribution in [3.63, 3.8) is 0 Å². The molecule has 0 aromatic rings. The van der Waals surface area contributed by atoms with E-state index in [4.69, 9.17) is 14.6 Å². The van der Waals surface area contributed by atoms with Gasteiger partial charge >= 0.3 is 8.56 Å². The van der Waals surface area contributed by atoms with Crippen LogP contribution in [0.15, 0.2) is 0 Å². The smallest absolute Gasteiger partial charge is 0.340 e. The van der Waals surface area contributed by atoms with Crippen LogP contribution in [-0.2, 0) is 8.85 Å². The van der Waals surface area contributed by atoms with Crippen molar-refractivity contribution in [1.82, 2.24) is 0 Å². The lowest BCUT2D eigenvalue weighted by Gasteiger charge is -2.33. The molecule has 0 saturated heterocycles. The first-order valence-electron chi connectivity index (χ1n) is 6.97. The van der Waals surface area contributed by atoms with Crippen LogP contribution in [0.2, 0.25) is 11.6 Å². The van der Waals surface area contributed by atoms with Crippen molar-refractivity contribution < 1.29 is 8.85 Å². The molecule has 0 aliphatic carbocycles. The average Bonchev–Trinajstić information content (AvgIpc) is 2.37. The number of rotatable bonds is 11. The highest BCUT2D eigenvalue weighted by Gasteiger charge is 2.40. The van der Waals surface area contributed by atoms with Gasteiger partial charge in [-0.25, -0.2) is 0 Å². The van der Waals surface area contributed by atoms with Crippen LogP contribution in [0.4, 0.5) is 0 Å². The van der Waals surface area contributed by atoms with Gasteiger partial charge in [-0.1, -0.05) is 39.5 Å². The lowest BCUT2D eigenvalue weighted by Crippen LogP contribution is -2.44. The van der Waals surface area contributed by atoms with E-state index >= 15 is 0 Å². The summed E-state index contributed by atoms with van der Waals surface area (Å²) >= 11 is 0. The minimum Gasteiger partial charge on any atom is -0.397 e. The first-order valence-corrected chi connectivity index (χ1v) is 9.07. The van der Waals surface area contributed by atoms with E-state index in [2.05, 4.69) is 13.8 Å². The topological polar surface area (TPSA) is 44.5 Å². The lowest BCUT2D eigenvalue weighted by molar-refractivity contribution is 0.226. The second kappa shape index (κ2) is 10.1. The van der Waals surface area contributed by atoms with Gasteiger partial charge in [0.05, 0.1) is 0 Å². The molecule has 0 aliphatic rings. The van der Waals surface area contributed by atoms with Crippen molar-refractivity contribution in [2.75, 3.05) is 20.8 Å². The summed E-state index contributed by atoms with van der Waals surface area (Å²) in [6.45, 7) is 5.26. The summed E-state index contributed by atoms with van der Waals surface area (Å²) in [6.07, 6.45) is 7.30.